The van der Waals surface area contributed by atoms with Gasteiger partial charge in [0, 0.05) is 6.08 Å². The van der Waals surface area contributed by atoms with E-state index < -0.39 is 11.1 Å². The molecule has 0 spiro atoms. The van der Waals surface area contributed by atoms with Crippen LogP contribution in [0.25, 0.3) is 0 Å². The van der Waals surface area contributed by atoms with Gasteiger partial charge in [-0.15, -0.1) is 10.3 Å². The average molecular weight is 238 g/mol. The van der Waals surface area contributed by atoms with E-state index in [1.54, 1.807) is 13.0 Å². The molecular weight excluding hydrogens is 218 g/mol. The number of hydroxylamine groups is 2. The van der Waals surface area contributed by atoms with Gasteiger partial charge in [0.25, 0.3) is 0 Å². The monoisotopic (exact) mass is 238 g/mol. The van der Waals surface area contributed by atoms with Crippen molar-refractivity contribution in [1.29, 1.82) is 0 Å². The third-order valence-electron chi connectivity index (χ3n) is 2.93. The van der Waals surface area contributed by atoms with E-state index in [9.17, 15) is 10.0 Å². The Hall–Kier alpha value is -1.13. The number of carbonyl (C=O) groups excluding carboxylic acids is 1. The molecule has 0 unspecified atom stereocenters. The normalized spacial score (nSPS) is 22.8. The van der Waals surface area contributed by atoms with Crippen molar-refractivity contribution in [3.63, 3.8) is 0 Å². The lowest BCUT2D eigenvalue weighted by atomic mass is 9.96. The summed E-state index contributed by atoms with van der Waals surface area (Å²) in [5, 5.41) is 13.1. The molecule has 0 fully saturated rings. The van der Waals surface area contributed by atoms with Crippen LogP contribution in [0.15, 0.2) is 23.8 Å². The predicted molar refractivity (Wildman–Crippen MR) is 64.5 cm³/mol. The fourth-order valence-electron chi connectivity index (χ4n) is 2.05. The van der Waals surface area contributed by atoms with Crippen LogP contribution in [0, 0.1) is 0 Å². The lowest BCUT2D eigenvalue weighted by molar-refractivity contribution is -0.238. The fourth-order valence-corrected chi connectivity index (χ4v) is 2.05. The maximum absolute atomic E-state index is 12.0. The maximum Gasteiger partial charge on any atom is 0.330 e. The second-order valence-electron chi connectivity index (χ2n) is 5.19. The molecule has 1 heterocycles. The van der Waals surface area contributed by atoms with Crippen molar-refractivity contribution in [2.75, 3.05) is 6.61 Å². The molecule has 0 saturated carbocycles. The summed E-state index contributed by atoms with van der Waals surface area (Å²) in [6.07, 6.45) is 4.92. The molecule has 1 radical (unpaired) electrons. The lowest BCUT2D eigenvalue weighted by Gasteiger charge is -2.33. The first-order chi connectivity index (χ1) is 7.71. The van der Waals surface area contributed by atoms with Gasteiger partial charge in [0.05, 0.1) is 17.7 Å². The standard InChI is InChI=1S/C13H20NO3/c1-6-17-11(15)8-7-10-9-12(2,3)14(16)13(10,4)5/h7-9H,6H2,1-5H3/b8-7+. The van der Waals surface area contributed by atoms with Crippen LogP contribution < -0.4 is 0 Å². The Morgan fingerprint density at radius 2 is 2.00 bits per heavy atom. The molecule has 0 aromatic heterocycles. The van der Waals surface area contributed by atoms with Crippen LogP contribution >= 0.6 is 0 Å². The zero-order valence-corrected chi connectivity index (χ0v) is 11.1. The number of hydrogen-bond donors (Lipinski definition) is 0. The summed E-state index contributed by atoms with van der Waals surface area (Å²) in [5.74, 6) is -0.383. The van der Waals surface area contributed by atoms with Gasteiger partial charge in [0.15, 0.2) is 0 Å². The minimum atomic E-state index is -0.619. The molecule has 17 heavy (non-hydrogen) atoms. The summed E-state index contributed by atoms with van der Waals surface area (Å²) in [4.78, 5) is 11.2. The summed E-state index contributed by atoms with van der Waals surface area (Å²) >= 11 is 0. The summed E-state index contributed by atoms with van der Waals surface area (Å²) in [5.41, 5.74) is -0.324. The number of hydrogen-bond acceptors (Lipinski definition) is 3. The molecule has 0 aromatic rings. The largest absolute Gasteiger partial charge is 0.463 e. The Morgan fingerprint density at radius 1 is 1.41 bits per heavy atom. The molecule has 0 bridgehead atoms. The van der Waals surface area contributed by atoms with Crippen molar-refractivity contribution in [3.05, 3.63) is 23.8 Å². The highest BCUT2D eigenvalue weighted by Crippen LogP contribution is 2.39. The van der Waals surface area contributed by atoms with E-state index in [1.807, 2.05) is 33.8 Å². The van der Waals surface area contributed by atoms with E-state index in [-0.39, 0.29) is 5.97 Å². The highest BCUT2D eigenvalue weighted by molar-refractivity contribution is 5.82. The second-order valence-corrected chi connectivity index (χ2v) is 5.19. The van der Waals surface area contributed by atoms with Crippen LogP contribution in [-0.2, 0) is 14.7 Å². The first kappa shape index (κ1) is 13.9. The average Bonchev–Trinajstić information content (AvgIpc) is 2.37. The summed E-state index contributed by atoms with van der Waals surface area (Å²) in [6.45, 7) is 9.50. The summed E-state index contributed by atoms with van der Waals surface area (Å²) in [7, 11) is 0. The van der Waals surface area contributed by atoms with Gasteiger partial charge >= 0.3 is 5.97 Å². The first-order valence-electron chi connectivity index (χ1n) is 5.77. The van der Waals surface area contributed by atoms with E-state index in [2.05, 4.69) is 0 Å². The number of rotatable bonds is 3. The highest BCUT2D eigenvalue weighted by atomic mass is 16.5. The van der Waals surface area contributed by atoms with Gasteiger partial charge in [0.1, 0.15) is 0 Å². The first-order valence-corrected chi connectivity index (χ1v) is 5.77. The van der Waals surface area contributed by atoms with Crippen molar-refractivity contribution in [2.45, 2.75) is 45.7 Å². The molecule has 1 aliphatic rings. The molecule has 0 atom stereocenters. The van der Waals surface area contributed by atoms with Crippen LogP contribution in [-0.4, -0.2) is 28.7 Å². The van der Waals surface area contributed by atoms with Gasteiger partial charge in [-0.1, -0.05) is 12.2 Å². The Balaban J connectivity index is 2.88. The molecule has 4 nitrogen and oxygen atoms in total. The number of esters is 1. The highest BCUT2D eigenvalue weighted by Gasteiger charge is 2.45. The van der Waals surface area contributed by atoms with Crippen molar-refractivity contribution < 1.29 is 14.7 Å². The molecule has 95 valence electrons. The molecule has 0 amide bonds. The van der Waals surface area contributed by atoms with Gasteiger partial charge in [-0.25, -0.2) is 4.79 Å². The molecule has 0 N–H and O–H groups in total. The Labute approximate surface area is 103 Å². The zero-order chi connectivity index (χ0) is 13.3. The lowest BCUT2D eigenvalue weighted by Crippen LogP contribution is -2.46. The molecule has 0 saturated heterocycles. The number of carbonyl (C=O) groups is 1. The van der Waals surface area contributed by atoms with Crippen LogP contribution in [0.3, 0.4) is 0 Å². The minimum Gasteiger partial charge on any atom is -0.463 e. The smallest absolute Gasteiger partial charge is 0.330 e. The van der Waals surface area contributed by atoms with Gasteiger partial charge in [0.2, 0.25) is 0 Å². The Morgan fingerprint density at radius 3 is 2.41 bits per heavy atom. The van der Waals surface area contributed by atoms with E-state index in [1.165, 1.54) is 6.08 Å². The number of nitrogens with zero attached hydrogens (tertiary/aromatic N) is 1. The summed E-state index contributed by atoms with van der Waals surface area (Å²) in [6, 6.07) is 0. The fraction of sp³-hybridized carbons (Fsp3) is 0.615. The molecule has 4 heteroatoms. The van der Waals surface area contributed by atoms with Crippen molar-refractivity contribution in [2.24, 2.45) is 0 Å². The second kappa shape index (κ2) is 4.63. The molecule has 0 aliphatic carbocycles. The topological polar surface area (TPSA) is 49.4 Å². The van der Waals surface area contributed by atoms with Crippen LogP contribution in [0.1, 0.15) is 34.6 Å². The SMILES string of the molecule is CCOC(=O)/C=C/C1=CC(C)(C)N([O])C1(C)C. The quantitative estimate of drug-likeness (QED) is 0.559. The van der Waals surface area contributed by atoms with Gasteiger partial charge < -0.3 is 4.74 Å². The van der Waals surface area contributed by atoms with Crippen LogP contribution in [0.4, 0.5) is 0 Å². The van der Waals surface area contributed by atoms with Gasteiger partial charge in [-0.2, -0.15) is 0 Å². The number of ether oxygens (including phenoxy) is 1. The van der Waals surface area contributed by atoms with Crippen LogP contribution in [0.5, 0.6) is 0 Å². The predicted octanol–water partition coefficient (Wildman–Crippen LogP) is 2.25. The molecule has 1 aliphatic heterocycles. The summed E-state index contributed by atoms with van der Waals surface area (Å²) < 4.78 is 4.80. The third-order valence-corrected chi connectivity index (χ3v) is 2.93. The zero-order valence-electron chi connectivity index (χ0n) is 11.1. The van der Waals surface area contributed by atoms with Gasteiger partial charge in [-0.3, -0.25) is 0 Å². The third kappa shape index (κ3) is 2.76. The van der Waals surface area contributed by atoms with Gasteiger partial charge in [-0.05, 0) is 40.2 Å². The van der Waals surface area contributed by atoms with Crippen molar-refractivity contribution >= 4 is 5.97 Å². The Kier molecular flexibility index (Phi) is 3.79. The molecule has 0 aromatic carbocycles. The van der Waals surface area contributed by atoms with Crippen LogP contribution in [0.2, 0.25) is 0 Å². The van der Waals surface area contributed by atoms with Crippen molar-refractivity contribution in [3.8, 4) is 0 Å². The minimum absolute atomic E-state index is 0.352. The maximum atomic E-state index is 12.0. The molecule has 1 rings (SSSR count). The van der Waals surface area contributed by atoms with Crippen molar-refractivity contribution in [1.82, 2.24) is 5.06 Å². The van der Waals surface area contributed by atoms with E-state index in [0.29, 0.717) is 6.61 Å². The van der Waals surface area contributed by atoms with E-state index in [0.717, 1.165) is 10.6 Å². The van der Waals surface area contributed by atoms with E-state index in [4.69, 9.17) is 4.74 Å². The van der Waals surface area contributed by atoms with E-state index >= 15 is 0 Å². The molecular formula is C13H20NO3. The Bertz CT molecular complexity index is 367.